The maximum atomic E-state index is 7.41. The fourth-order valence-electron chi connectivity index (χ4n) is 25.4. The van der Waals surface area contributed by atoms with Crippen molar-refractivity contribution in [3.8, 4) is 89.8 Å². The highest BCUT2D eigenvalue weighted by atomic mass is 16.4. The van der Waals surface area contributed by atoms with Gasteiger partial charge in [0.2, 0.25) is 0 Å². The number of para-hydroxylation sites is 10. The molecule has 20 aromatic carbocycles. The minimum Gasteiger partial charge on any atom is -0.456 e. The summed E-state index contributed by atoms with van der Waals surface area (Å²) in [6.45, 7) is 19.0. The summed E-state index contributed by atoms with van der Waals surface area (Å²) in [5.74, 6) is 3.86. The number of anilines is 12. The predicted molar refractivity (Wildman–Crippen MR) is 617 cm³/mol. The van der Waals surface area contributed by atoms with E-state index in [1.54, 1.807) is 0 Å². The first kappa shape index (κ1) is 87.9. The molecule has 4 aliphatic rings. The van der Waals surface area contributed by atoms with Crippen LogP contribution in [0, 0.1) is 0 Å². The molecule has 150 heavy (non-hydrogen) atoms. The molecule has 0 atom stereocenters. The highest BCUT2D eigenvalue weighted by Crippen LogP contribution is 2.66. The molecule has 0 fully saturated rings. The quantitative estimate of drug-likeness (QED) is 0.0931. The van der Waals surface area contributed by atoms with Crippen molar-refractivity contribution in [3.63, 3.8) is 0 Å². The Morgan fingerprint density at radius 1 is 0.153 bits per heavy atom. The van der Waals surface area contributed by atoms with Crippen molar-refractivity contribution in [1.29, 1.82) is 0 Å². The summed E-state index contributed by atoms with van der Waals surface area (Å²) in [7, 11) is 0. The maximum absolute atomic E-state index is 7.41. The van der Waals surface area contributed by atoms with Crippen LogP contribution in [0.1, 0.15) is 99.9 Å². The first-order chi connectivity index (χ1) is 73.4. The van der Waals surface area contributed by atoms with E-state index in [0.29, 0.717) is 0 Å². The lowest BCUT2D eigenvalue weighted by Crippen LogP contribution is -2.23. The second-order valence-electron chi connectivity index (χ2n) is 42.4. The van der Waals surface area contributed by atoms with E-state index >= 15 is 0 Å². The van der Waals surface area contributed by atoms with Crippen LogP contribution in [0.25, 0.3) is 178 Å². The Labute approximate surface area is 868 Å². The van der Waals surface area contributed by atoms with Gasteiger partial charge in [-0.25, -0.2) is 0 Å². The zero-order valence-electron chi connectivity index (χ0n) is 84.1. The van der Waals surface area contributed by atoms with E-state index in [-0.39, 0.29) is 10.8 Å². The summed E-state index contributed by atoms with van der Waals surface area (Å²) < 4.78 is 41.7. The summed E-state index contributed by atoms with van der Waals surface area (Å²) in [4.78, 5) is 9.49. The molecule has 0 aliphatic heterocycles. The van der Waals surface area contributed by atoms with E-state index in [2.05, 4.69) is 512 Å². The largest absolute Gasteiger partial charge is 0.456 e. The molecule has 10 heteroatoms. The van der Waals surface area contributed by atoms with Gasteiger partial charge >= 0.3 is 0 Å². The SMILES string of the molecule is CC1(C)c2cc(N(c3ccccc3)c3ccc4c(c3)oc3ccccc34)ccc2-c2oc3c(c21)C(C)(C)c1cc(N(c2ccccc2)c2ccc4c(c2)oc2ccccc24)ccc1-3.CC1(C)c2cc(N(c3ccccc3-c3ccccc3)c3cccc4c3oc3c(-c5ccccc5)cccc34)ccc2-c2oc3c(c21)C(C)(C)c1cc(N(c2ccccc2-c2ccccc2)c2cccc4c2oc2c(-c5ccccc5)cccc24)ccc1-3. The van der Waals surface area contributed by atoms with Crippen LogP contribution in [0.2, 0.25) is 0 Å². The summed E-state index contributed by atoms with van der Waals surface area (Å²) >= 11 is 0. The van der Waals surface area contributed by atoms with Crippen molar-refractivity contribution in [3.05, 3.63) is 506 Å². The molecule has 716 valence electrons. The van der Waals surface area contributed by atoms with Gasteiger partial charge in [-0.05, 0) is 202 Å². The van der Waals surface area contributed by atoms with Gasteiger partial charge < -0.3 is 46.1 Å². The minimum absolute atomic E-state index is 0.330. The lowest BCUT2D eigenvalue weighted by Gasteiger charge is -2.31. The van der Waals surface area contributed by atoms with Crippen LogP contribution in [0.4, 0.5) is 68.2 Å². The van der Waals surface area contributed by atoms with Crippen LogP contribution in [0.15, 0.2) is 488 Å². The Bertz CT molecular complexity index is 9420. The van der Waals surface area contributed by atoms with E-state index < -0.39 is 10.8 Å². The predicted octanol–water partition coefficient (Wildman–Crippen LogP) is 39.9. The third kappa shape index (κ3) is 13.4. The number of fused-ring (bicyclic) bond motifs is 26. The first-order valence-electron chi connectivity index (χ1n) is 51.8. The first-order valence-corrected chi connectivity index (χ1v) is 51.8. The number of furan rings is 6. The molecule has 30 rings (SSSR count). The van der Waals surface area contributed by atoms with Gasteiger partial charge in [0.05, 0.1) is 22.7 Å². The van der Waals surface area contributed by atoms with Gasteiger partial charge in [0.25, 0.3) is 0 Å². The third-order valence-corrected chi connectivity index (χ3v) is 32.4. The fourth-order valence-corrected chi connectivity index (χ4v) is 25.4. The summed E-state index contributed by atoms with van der Waals surface area (Å²) in [5, 5.41) is 8.78. The average molecular weight is 1930 g/mol. The lowest BCUT2D eigenvalue weighted by molar-refractivity contribution is 0.592. The van der Waals surface area contributed by atoms with Crippen molar-refractivity contribution in [2.45, 2.75) is 77.0 Å². The maximum Gasteiger partial charge on any atom is 0.159 e. The van der Waals surface area contributed by atoms with Crippen LogP contribution >= 0.6 is 0 Å². The highest BCUT2D eigenvalue weighted by molar-refractivity contribution is 6.17. The summed E-state index contributed by atoms with van der Waals surface area (Å²) in [6.07, 6.45) is 0. The molecular weight excluding hydrogens is 1830 g/mol. The molecule has 0 N–H and O–H groups in total. The molecule has 6 heterocycles. The van der Waals surface area contributed by atoms with Crippen molar-refractivity contribution in [1.82, 2.24) is 0 Å². The average Bonchev–Trinajstić information content (AvgIpc) is 1.51. The summed E-state index contributed by atoms with van der Waals surface area (Å²) in [5.41, 5.74) is 41.2. The van der Waals surface area contributed by atoms with Crippen LogP contribution in [0.5, 0.6) is 0 Å². The zero-order chi connectivity index (χ0) is 100. The van der Waals surface area contributed by atoms with Gasteiger partial charge in [-0.2, -0.15) is 0 Å². The van der Waals surface area contributed by atoms with E-state index in [9.17, 15) is 0 Å². The fraction of sp³-hybridized carbons (Fsp3) is 0.0857. The second kappa shape index (κ2) is 33.5. The van der Waals surface area contributed by atoms with E-state index in [4.69, 9.17) is 26.5 Å². The number of nitrogens with zero attached hydrogens (tertiary/aromatic N) is 4. The van der Waals surface area contributed by atoms with Crippen LogP contribution < -0.4 is 19.6 Å². The lowest BCUT2D eigenvalue weighted by atomic mass is 9.74. The Morgan fingerprint density at radius 3 is 0.747 bits per heavy atom. The molecule has 10 nitrogen and oxygen atoms in total. The molecule has 6 aromatic heterocycles. The monoisotopic (exact) mass is 1930 g/mol. The van der Waals surface area contributed by atoms with E-state index in [1.807, 2.05) is 24.3 Å². The molecule has 0 spiro atoms. The molecule has 0 amide bonds. The Balaban J connectivity index is 0.000000148. The van der Waals surface area contributed by atoms with Gasteiger partial charge in [0, 0.05) is 189 Å². The van der Waals surface area contributed by atoms with Gasteiger partial charge in [0.1, 0.15) is 56.5 Å². The zero-order valence-corrected chi connectivity index (χ0v) is 84.1. The molecule has 0 saturated heterocycles. The molecule has 0 bridgehead atoms. The van der Waals surface area contributed by atoms with Crippen LogP contribution in [0.3, 0.4) is 0 Å². The van der Waals surface area contributed by atoms with Gasteiger partial charge in [-0.3, -0.25) is 0 Å². The Hall–Kier alpha value is -18.6. The second-order valence-corrected chi connectivity index (χ2v) is 42.4. The van der Waals surface area contributed by atoms with E-state index in [0.717, 1.165) is 246 Å². The molecule has 0 unspecified atom stereocenters. The highest BCUT2D eigenvalue weighted by Gasteiger charge is 2.53. The van der Waals surface area contributed by atoms with E-state index in [1.165, 1.54) is 44.5 Å². The number of hydrogen-bond donors (Lipinski definition) is 0. The third-order valence-electron chi connectivity index (χ3n) is 32.4. The normalized spacial score (nSPS) is 13.8. The summed E-state index contributed by atoms with van der Waals surface area (Å²) in [6, 6.07) is 165. The minimum atomic E-state index is -0.448. The van der Waals surface area contributed by atoms with Crippen molar-refractivity contribution < 1.29 is 26.5 Å². The van der Waals surface area contributed by atoms with Crippen LogP contribution in [-0.2, 0) is 21.7 Å². The molecule has 26 aromatic rings. The number of hydrogen-bond acceptors (Lipinski definition) is 10. The van der Waals surface area contributed by atoms with Crippen molar-refractivity contribution in [2.24, 2.45) is 0 Å². The number of benzene rings is 20. The smallest absolute Gasteiger partial charge is 0.159 e. The molecule has 4 aliphatic carbocycles. The Morgan fingerprint density at radius 2 is 0.400 bits per heavy atom. The standard InChI is InChI=1S/C82H58N2O3.C58H42N2O3/c1-81(2)67-49-55(83(69-41-19-17-33-57(69)51-25-9-5-10-26-51)71-43-23-39-63-61-37-21-35-59(75(61)85-77(63)71)53-29-13-7-14-30-53)45-47-65(67)79-73(81)74-80(87-79)66-48-46-56(50-68(66)82(74,3)4)84(70-42-20-18-34-58(70)52-27-11-6-12-28-52)72-44-24-40-64-62-38-22-36-60(76(62)86-78(64)72)54-31-15-8-16-32-54;1-57(2)47-31-37(59(35-15-7-5-8-16-35)39-23-27-43-41-19-11-13-21-49(41)61-51(43)33-39)25-29-45(47)55-53(57)54-56(63-55)46-30-26-38(32-48(46)58(54,3)4)60(36-17-9-6-10-18-36)40-24-28-44-42-20-12-14-22-50(42)62-52(44)34-40/h5-50H,1-4H3;5-34H,1-4H3. The van der Waals surface area contributed by atoms with Crippen molar-refractivity contribution >= 4 is 156 Å². The topological polar surface area (TPSA) is 91.8 Å². The van der Waals surface area contributed by atoms with Gasteiger partial charge in [0.15, 0.2) is 11.2 Å². The van der Waals surface area contributed by atoms with Gasteiger partial charge in [-0.15, -0.1) is 0 Å². The number of rotatable bonds is 16. The molecular formula is C140H100N4O6. The molecule has 0 saturated carbocycles. The van der Waals surface area contributed by atoms with Gasteiger partial charge in [-0.1, -0.05) is 347 Å². The molecule has 0 radical (unpaired) electrons. The Kier molecular flexibility index (Phi) is 19.6. The van der Waals surface area contributed by atoms with Crippen LogP contribution in [-0.4, -0.2) is 0 Å². The van der Waals surface area contributed by atoms with Crippen molar-refractivity contribution in [2.75, 3.05) is 19.6 Å².